The molecule has 2 aromatic carbocycles. The lowest BCUT2D eigenvalue weighted by Crippen LogP contribution is -2.28. The van der Waals surface area contributed by atoms with Crippen molar-refractivity contribution in [3.05, 3.63) is 58.5 Å². The molecule has 0 bridgehead atoms. The molecule has 0 spiro atoms. The molecule has 0 amide bonds. The summed E-state index contributed by atoms with van der Waals surface area (Å²) >= 11 is 4.56. The van der Waals surface area contributed by atoms with Gasteiger partial charge in [0.05, 0.1) is 11.3 Å². The quantitative estimate of drug-likeness (QED) is 0.720. The number of fused-ring (bicyclic) bond motifs is 5. The van der Waals surface area contributed by atoms with Crippen LogP contribution in [0.1, 0.15) is 51.3 Å². The lowest BCUT2D eigenvalue weighted by molar-refractivity contribution is 0.260. The third-order valence-electron chi connectivity index (χ3n) is 6.77. The number of hydrogen-bond donors (Lipinski definition) is 2. The third kappa shape index (κ3) is 2.02. The predicted octanol–water partition coefficient (Wildman–Crippen LogP) is 5.02. The molecule has 136 valence electrons. The third-order valence-corrected chi connectivity index (χ3v) is 6.98. The van der Waals surface area contributed by atoms with Crippen LogP contribution in [0.4, 0.5) is 0 Å². The normalized spacial score (nSPS) is 29.8. The van der Waals surface area contributed by atoms with Gasteiger partial charge in [0.1, 0.15) is 0 Å². The van der Waals surface area contributed by atoms with E-state index in [4.69, 9.17) is 4.99 Å². The minimum Gasteiger partial charge on any atom is -0.396 e. The van der Waals surface area contributed by atoms with Gasteiger partial charge in [0.25, 0.3) is 0 Å². The van der Waals surface area contributed by atoms with Crippen LogP contribution in [0.25, 0.3) is 10.8 Å². The number of hydrogen-bond acceptors (Lipinski definition) is 3. The van der Waals surface area contributed by atoms with Crippen LogP contribution in [0.5, 0.6) is 0 Å². The van der Waals surface area contributed by atoms with Crippen molar-refractivity contribution in [3.8, 4) is 0 Å². The maximum atomic E-state index is 10.1. The Balaban J connectivity index is 2.18. The molecule has 3 heteroatoms. The Labute approximate surface area is 161 Å². The van der Waals surface area contributed by atoms with Crippen molar-refractivity contribution in [1.29, 1.82) is 0 Å². The Morgan fingerprint density at radius 1 is 1.23 bits per heavy atom. The molecular weight excluding hydrogens is 338 g/mol. The summed E-state index contributed by atoms with van der Waals surface area (Å²) in [5, 5.41) is 12.6. The summed E-state index contributed by atoms with van der Waals surface area (Å²) in [6.07, 6.45) is 0. The van der Waals surface area contributed by atoms with Crippen molar-refractivity contribution in [2.75, 3.05) is 6.61 Å². The summed E-state index contributed by atoms with van der Waals surface area (Å²) in [6, 6.07) is 10.9. The summed E-state index contributed by atoms with van der Waals surface area (Å²) in [7, 11) is 0. The van der Waals surface area contributed by atoms with Gasteiger partial charge in [0.2, 0.25) is 0 Å². The highest BCUT2D eigenvalue weighted by molar-refractivity contribution is 7.85. The van der Waals surface area contributed by atoms with Gasteiger partial charge < -0.3 is 5.11 Å². The summed E-state index contributed by atoms with van der Waals surface area (Å²) in [4.78, 5) is 5.75. The minimum atomic E-state index is -0.304. The van der Waals surface area contributed by atoms with Crippen LogP contribution in [0.15, 0.2) is 46.8 Å². The zero-order valence-corrected chi connectivity index (χ0v) is 17.1. The first-order chi connectivity index (χ1) is 12.1. The van der Waals surface area contributed by atoms with Gasteiger partial charge in [-0.2, -0.15) is 0 Å². The van der Waals surface area contributed by atoms with Crippen LogP contribution < -0.4 is 0 Å². The molecule has 1 N–H and O–H groups in total. The molecular formula is C23H27NOS. The molecule has 0 aromatic heterocycles. The average Bonchev–Trinajstić information content (AvgIpc) is 3.07. The van der Waals surface area contributed by atoms with E-state index in [-0.39, 0.29) is 28.9 Å². The smallest absolute Gasteiger partial charge is 0.0784 e. The number of aliphatic hydroxyl groups is 1. The van der Waals surface area contributed by atoms with E-state index >= 15 is 0 Å². The van der Waals surface area contributed by atoms with Gasteiger partial charge in [0.15, 0.2) is 0 Å². The number of allylic oxidation sites excluding steroid dienone is 1. The van der Waals surface area contributed by atoms with Gasteiger partial charge in [-0.25, -0.2) is 0 Å². The lowest BCUT2D eigenvalue weighted by Gasteiger charge is -2.31. The van der Waals surface area contributed by atoms with Crippen LogP contribution in [-0.2, 0) is 10.8 Å². The van der Waals surface area contributed by atoms with E-state index < -0.39 is 0 Å². The molecule has 2 nitrogen and oxygen atoms in total. The Kier molecular flexibility index (Phi) is 3.59. The molecule has 3 atom stereocenters. The van der Waals surface area contributed by atoms with E-state index in [1.54, 1.807) is 0 Å². The molecule has 2 aromatic rings. The summed E-state index contributed by atoms with van der Waals surface area (Å²) < 4.78 is 0. The molecule has 1 heterocycles. The van der Waals surface area contributed by atoms with E-state index in [0.29, 0.717) is 4.91 Å². The summed E-state index contributed by atoms with van der Waals surface area (Å²) in [5.41, 5.74) is 4.14. The molecule has 1 saturated carbocycles. The van der Waals surface area contributed by atoms with Crippen molar-refractivity contribution in [2.24, 2.45) is 10.9 Å². The van der Waals surface area contributed by atoms with Crippen molar-refractivity contribution in [3.63, 3.8) is 0 Å². The zero-order chi connectivity index (χ0) is 19.1. The lowest BCUT2D eigenvalue weighted by atomic mass is 9.75. The van der Waals surface area contributed by atoms with E-state index in [0.717, 1.165) is 11.3 Å². The maximum Gasteiger partial charge on any atom is 0.0784 e. The summed E-state index contributed by atoms with van der Waals surface area (Å²) in [6.45, 7) is 15.4. The molecule has 3 unspecified atom stereocenters. The maximum absolute atomic E-state index is 10.1. The van der Waals surface area contributed by atoms with Gasteiger partial charge in [0, 0.05) is 28.4 Å². The van der Waals surface area contributed by atoms with Gasteiger partial charge >= 0.3 is 0 Å². The molecule has 1 fully saturated rings. The molecule has 0 saturated heterocycles. The van der Waals surface area contributed by atoms with Crippen LogP contribution in [0.3, 0.4) is 0 Å². The van der Waals surface area contributed by atoms with Gasteiger partial charge in [-0.3, -0.25) is 4.99 Å². The summed E-state index contributed by atoms with van der Waals surface area (Å²) in [5.74, 6) is 0.114. The van der Waals surface area contributed by atoms with Crippen molar-refractivity contribution < 1.29 is 5.11 Å². The Bertz CT molecular complexity index is 984. The average molecular weight is 366 g/mol. The zero-order valence-electron chi connectivity index (χ0n) is 16.2. The first-order valence-electron chi connectivity index (χ1n) is 9.23. The second-order valence-electron chi connectivity index (χ2n) is 9.13. The Morgan fingerprint density at radius 3 is 2.38 bits per heavy atom. The first kappa shape index (κ1) is 17.8. The monoisotopic (exact) mass is 365 g/mol. The predicted molar refractivity (Wildman–Crippen MR) is 114 cm³/mol. The second-order valence-corrected chi connectivity index (χ2v) is 9.67. The fraction of sp³-hybridized carbons (Fsp3) is 0.435. The first-order valence-corrected chi connectivity index (χ1v) is 9.68. The number of thiol groups is 1. The van der Waals surface area contributed by atoms with Crippen LogP contribution >= 0.6 is 12.6 Å². The van der Waals surface area contributed by atoms with E-state index in [2.05, 4.69) is 84.2 Å². The molecule has 4 rings (SSSR count). The van der Waals surface area contributed by atoms with Crippen LogP contribution in [0.2, 0.25) is 0 Å². The van der Waals surface area contributed by atoms with Gasteiger partial charge in [-0.05, 0) is 40.3 Å². The highest BCUT2D eigenvalue weighted by Gasteiger charge is 2.74. The van der Waals surface area contributed by atoms with Crippen molar-refractivity contribution in [2.45, 2.75) is 51.0 Å². The van der Waals surface area contributed by atoms with E-state index in [9.17, 15) is 5.11 Å². The van der Waals surface area contributed by atoms with E-state index in [1.807, 2.05) is 0 Å². The second kappa shape index (κ2) is 5.24. The standard InChI is InChI=1S/C23H27NOS/c1-13(26)20-16-11-17(21(2,3)4)14-9-7-8-10-15(14)19(16)22(5)18(12-25)23(22,6)24-20/h7-11,18,25-26H,1,12H2,2-6H3. The number of benzene rings is 2. The highest BCUT2D eigenvalue weighted by atomic mass is 32.1. The van der Waals surface area contributed by atoms with Crippen molar-refractivity contribution >= 4 is 29.1 Å². The molecule has 1 aliphatic heterocycles. The number of nitrogens with zero attached hydrogens (tertiary/aromatic N) is 1. The molecule has 26 heavy (non-hydrogen) atoms. The SMILES string of the molecule is C=C(S)C1=NC2(C)C(CO)C2(C)c2c1cc(C(C)(C)C)c1ccccc21. The van der Waals surface area contributed by atoms with Gasteiger partial charge in [-0.15, -0.1) is 12.6 Å². The number of aliphatic hydroxyl groups excluding tert-OH is 1. The minimum absolute atomic E-state index is 0.0132. The molecule has 1 aliphatic carbocycles. The largest absolute Gasteiger partial charge is 0.396 e. The van der Waals surface area contributed by atoms with E-state index in [1.165, 1.54) is 21.9 Å². The Morgan fingerprint density at radius 2 is 1.85 bits per heavy atom. The Hall–Kier alpha value is -1.58. The fourth-order valence-electron chi connectivity index (χ4n) is 5.12. The van der Waals surface area contributed by atoms with Crippen LogP contribution in [-0.4, -0.2) is 23.0 Å². The fourth-order valence-corrected chi connectivity index (χ4v) is 5.29. The van der Waals surface area contributed by atoms with Crippen LogP contribution in [0, 0.1) is 5.92 Å². The topological polar surface area (TPSA) is 32.6 Å². The van der Waals surface area contributed by atoms with Gasteiger partial charge in [-0.1, -0.05) is 58.5 Å². The van der Waals surface area contributed by atoms with Crippen molar-refractivity contribution in [1.82, 2.24) is 0 Å². The molecule has 0 radical (unpaired) electrons. The number of rotatable bonds is 2. The molecule has 2 aliphatic rings. The number of aliphatic imine (C=N–C) groups is 1. The highest BCUT2D eigenvalue weighted by Crippen LogP contribution is 2.68.